The first-order chi connectivity index (χ1) is 10.5. The van der Waals surface area contributed by atoms with Gasteiger partial charge < -0.3 is 14.8 Å². The Hall–Kier alpha value is -2.49. The summed E-state index contributed by atoms with van der Waals surface area (Å²) in [6, 6.07) is 3.07. The molecule has 1 aromatic carbocycles. The summed E-state index contributed by atoms with van der Waals surface area (Å²) in [5, 5.41) is 17.9. The minimum atomic E-state index is -1.05. The molecule has 0 unspecified atom stereocenters. The molecule has 2 rings (SSSR count). The van der Waals surface area contributed by atoms with Gasteiger partial charge in [0.1, 0.15) is 23.0 Å². The molecular formula is C12H9F2N3O4S. The van der Waals surface area contributed by atoms with E-state index in [1.807, 2.05) is 0 Å². The lowest BCUT2D eigenvalue weighted by Crippen LogP contribution is -2.25. The molecule has 1 amide bonds. The van der Waals surface area contributed by atoms with Crippen LogP contribution in [0.15, 0.2) is 27.8 Å². The van der Waals surface area contributed by atoms with Gasteiger partial charge in [-0.15, -0.1) is 10.2 Å². The van der Waals surface area contributed by atoms with E-state index in [9.17, 15) is 18.4 Å². The van der Waals surface area contributed by atoms with E-state index in [0.29, 0.717) is 0 Å². The predicted octanol–water partition coefficient (Wildman–Crippen LogP) is 1.45. The Kier molecular flexibility index (Phi) is 5.04. The van der Waals surface area contributed by atoms with Crippen molar-refractivity contribution in [2.45, 2.75) is 11.8 Å². The van der Waals surface area contributed by atoms with E-state index in [0.717, 1.165) is 30.0 Å². The van der Waals surface area contributed by atoms with Crippen LogP contribution in [0, 0.1) is 11.6 Å². The molecule has 0 atom stereocenters. The molecule has 1 heterocycles. The van der Waals surface area contributed by atoms with Crippen molar-refractivity contribution in [1.82, 2.24) is 15.5 Å². The molecule has 22 heavy (non-hydrogen) atoms. The number of carboxylic acid groups (broad SMARTS) is 1. The van der Waals surface area contributed by atoms with Gasteiger partial charge in [0.15, 0.2) is 0 Å². The topological polar surface area (TPSA) is 105 Å². The summed E-state index contributed by atoms with van der Waals surface area (Å²) in [6.45, 7) is -0.243. The second-order valence-electron chi connectivity index (χ2n) is 3.92. The minimum absolute atomic E-state index is 0.0158. The lowest BCUT2D eigenvalue weighted by atomic mass is 10.2. The number of amides is 1. The lowest BCUT2D eigenvalue weighted by molar-refractivity contribution is -0.133. The van der Waals surface area contributed by atoms with Crippen LogP contribution in [0.25, 0.3) is 0 Å². The zero-order valence-electron chi connectivity index (χ0n) is 10.9. The fourth-order valence-corrected chi connectivity index (χ4v) is 1.95. The van der Waals surface area contributed by atoms with Crippen LogP contribution in [0.5, 0.6) is 0 Å². The SMILES string of the molecule is O=C(O)CSc1nnc(CNC(=O)c2c(F)cccc2F)o1. The van der Waals surface area contributed by atoms with E-state index in [4.69, 9.17) is 9.52 Å². The summed E-state index contributed by atoms with van der Waals surface area (Å²) in [6.07, 6.45) is 0. The third-order valence-corrected chi connectivity index (χ3v) is 3.16. The zero-order valence-corrected chi connectivity index (χ0v) is 11.7. The summed E-state index contributed by atoms with van der Waals surface area (Å²) in [7, 11) is 0. The molecule has 2 N–H and O–H groups in total. The van der Waals surface area contributed by atoms with E-state index >= 15 is 0 Å². The molecule has 0 bridgehead atoms. The van der Waals surface area contributed by atoms with Crippen LogP contribution >= 0.6 is 11.8 Å². The largest absolute Gasteiger partial charge is 0.481 e. The van der Waals surface area contributed by atoms with Gasteiger partial charge in [-0.1, -0.05) is 17.8 Å². The molecule has 0 spiro atoms. The maximum absolute atomic E-state index is 13.4. The van der Waals surface area contributed by atoms with Crippen LogP contribution < -0.4 is 5.32 Å². The fraction of sp³-hybridized carbons (Fsp3) is 0.167. The number of aliphatic carboxylic acids is 1. The molecule has 10 heteroatoms. The Labute approximate surface area is 126 Å². The number of nitrogens with zero attached hydrogens (tertiary/aromatic N) is 2. The van der Waals surface area contributed by atoms with Crippen LogP contribution in [0.1, 0.15) is 16.2 Å². The Bertz CT molecular complexity index is 687. The second-order valence-corrected chi connectivity index (χ2v) is 4.85. The number of thioether (sulfide) groups is 1. The van der Waals surface area contributed by atoms with Crippen molar-refractivity contribution < 1.29 is 27.9 Å². The Morgan fingerprint density at radius 3 is 2.59 bits per heavy atom. The van der Waals surface area contributed by atoms with Crippen molar-refractivity contribution in [3.63, 3.8) is 0 Å². The maximum atomic E-state index is 13.4. The molecule has 0 aliphatic carbocycles. The van der Waals surface area contributed by atoms with Gasteiger partial charge in [-0.05, 0) is 12.1 Å². The van der Waals surface area contributed by atoms with E-state index in [1.54, 1.807) is 0 Å². The smallest absolute Gasteiger partial charge is 0.314 e. The number of aromatic nitrogens is 2. The number of nitrogens with one attached hydrogen (secondary N) is 1. The Morgan fingerprint density at radius 1 is 1.27 bits per heavy atom. The molecule has 0 aliphatic rings. The Balaban J connectivity index is 1.95. The maximum Gasteiger partial charge on any atom is 0.314 e. The number of carbonyl (C=O) groups is 2. The summed E-state index contributed by atoms with van der Waals surface area (Å²) in [5.41, 5.74) is -0.706. The molecule has 0 radical (unpaired) electrons. The quantitative estimate of drug-likeness (QED) is 0.773. The first kappa shape index (κ1) is 15.9. The monoisotopic (exact) mass is 329 g/mol. The van der Waals surface area contributed by atoms with Gasteiger partial charge in [-0.3, -0.25) is 9.59 Å². The van der Waals surface area contributed by atoms with Gasteiger partial charge in [0.05, 0.1) is 6.54 Å². The third-order valence-electron chi connectivity index (χ3n) is 2.36. The third kappa shape index (κ3) is 4.01. The molecule has 2 aromatic rings. The van der Waals surface area contributed by atoms with Gasteiger partial charge in [0, 0.05) is 0 Å². The van der Waals surface area contributed by atoms with Crippen LogP contribution in [-0.4, -0.2) is 32.9 Å². The van der Waals surface area contributed by atoms with Crippen LogP contribution in [0.2, 0.25) is 0 Å². The van der Waals surface area contributed by atoms with Gasteiger partial charge in [-0.2, -0.15) is 0 Å². The zero-order chi connectivity index (χ0) is 16.1. The summed E-state index contributed by atoms with van der Waals surface area (Å²) < 4.78 is 31.8. The van der Waals surface area contributed by atoms with Crippen molar-refractivity contribution >= 4 is 23.6 Å². The lowest BCUT2D eigenvalue weighted by Gasteiger charge is -2.04. The highest BCUT2D eigenvalue weighted by Crippen LogP contribution is 2.16. The average molecular weight is 329 g/mol. The molecule has 0 fully saturated rings. The first-order valence-electron chi connectivity index (χ1n) is 5.86. The number of carbonyl (C=O) groups excluding carboxylic acids is 1. The van der Waals surface area contributed by atoms with Gasteiger partial charge in [0.2, 0.25) is 5.89 Å². The number of rotatable bonds is 6. The van der Waals surface area contributed by atoms with Gasteiger partial charge >= 0.3 is 5.97 Å². The fourth-order valence-electron chi connectivity index (χ4n) is 1.45. The summed E-state index contributed by atoms with van der Waals surface area (Å²) in [4.78, 5) is 22.1. The first-order valence-corrected chi connectivity index (χ1v) is 6.85. The van der Waals surface area contributed by atoms with Crippen molar-refractivity contribution in [3.8, 4) is 0 Å². The molecule has 7 nitrogen and oxygen atoms in total. The van der Waals surface area contributed by atoms with Crippen LogP contribution in [-0.2, 0) is 11.3 Å². The number of hydrogen-bond acceptors (Lipinski definition) is 6. The van der Waals surface area contributed by atoms with Crippen molar-refractivity contribution in [3.05, 3.63) is 41.3 Å². The van der Waals surface area contributed by atoms with E-state index in [1.165, 1.54) is 0 Å². The number of carboxylic acids is 1. The van der Waals surface area contributed by atoms with Gasteiger partial charge in [0.25, 0.3) is 11.1 Å². The molecule has 1 aromatic heterocycles. The molecule has 0 aliphatic heterocycles. The van der Waals surface area contributed by atoms with E-state index in [-0.39, 0.29) is 23.4 Å². The number of hydrogen-bond donors (Lipinski definition) is 2. The highest BCUT2D eigenvalue weighted by atomic mass is 32.2. The molecule has 116 valence electrons. The second kappa shape index (κ2) is 6.98. The van der Waals surface area contributed by atoms with Crippen molar-refractivity contribution in [2.24, 2.45) is 0 Å². The van der Waals surface area contributed by atoms with E-state index < -0.39 is 29.1 Å². The number of benzene rings is 1. The summed E-state index contributed by atoms with van der Waals surface area (Å²) in [5.74, 6) is -4.25. The normalized spacial score (nSPS) is 10.5. The number of halogens is 2. The molecule has 0 saturated heterocycles. The predicted molar refractivity (Wildman–Crippen MR) is 70.2 cm³/mol. The minimum Gasteiger partial charge on any atom is -0.481 e. The van der Waals surface area contributed by atoms with Crippen molar-refractivity contribution in [2.75, 3.05) is 5.75 Å². The molecular weight excluding hydrogens is 320 g/mol. The highest BCUT2D eigenvalue weighted by molar-refractivity contribution is 7.99. The highest BCUT2D eigenvalue weighted by Gasteiger charge is 2.17. The average Bonchev–Trinajstić information content (AvgIpc) is 2.90. The van der Waals surface area contributed by atoms with Crippen molar-refractivity contribution in [1.29, 1.82) is 0 Å². The summed E-state index contributed by atoms with van der Waals surface area (Å²) >= 11 is 0.812. The van der Waals surface area contributed by atoms with Crippen LogP contribution in [0.4, 0.5) is 8.78 Å². The molecule has 0 saturated carbocycles. The Morgan fingerprint density at radius 2 is 1.95 bits per heavy atom. The van der Waals surface area contributed by atoms with E-state index in [2.05, 4.69) is 15.5 Å². The van der Waals surface area contributed by atoms with Crippen LogP contribution in [0.3, 0.4) is 0 Å². The standard InChI is InChI=1S/C12H9F2N3O4S/c13-6-2-1-3-7(14)10(6)11(20)15-4-8-16-17-12(21-8)22-5-9(18)19/h1-3H,4-5H2,(H,15,20)(H,18,19). The van der Waals surface area contributed by atoms with Gasteiger partial charge in [-0.25, -0.2) is 8.78 Å².